The van der Waals surface area contributed by atoms with Crippen LogP contribution in [0.4, 0.5) is 0 Å². The van der Waals surface area contributed by atoms with Gasteiger partial charge in [-0.1, -0.05) is 232 Å². The van der Waals surface area contributed by atoms with Gasteiger partial charge < -0.3 is 38.5 Å². The zero-order chi connectivity index (χ0) is 71.8. The van der Waals surface area contributed by atoms with Crippen LogP contribution in [0.25, 0.3) is 0 Å². The molecule has 0 fully saturated rings. The van der Waals surface area contributed by atoms with E-state index in [1.54, 1.807) is 0 Å². The van der Waals surface area contributed by atoms with Crippen LogP contribution in [0.15, 0.2) is 0 Å². The first-order valence-corrected chi connectivity index (χ1v) is 41.0. The second-order valence-corrected chi connectivity index (χ2v) is 34.5. The molecule has 0 aliphatic carbocycles. The first-order chi connectivity index (χ1) is 45.5. The Morgan fingerprint density at radius 1 is 0.323 bits per heavy atom. The first-order valence-electron chi connectivity index (χ1n) is 41.0. The number of carbonyl (C=O) groups is 4. The minimum Gasteiger partial charge on any atom is -0.466 e. The Morgan fingerprint density at radius 2 is 0.604 bits per heavy atom. The molecule has 0 aromatic rings. The van der Waals surface area contributed by atoms with Gasteiger partial charge in [0.05, 0.1) is 13.2 Å². The number of hydrogen-bond acceptors (Lipinski definition) is 12. The smallest absolute Gasteiger partial charge is 0.306 e. The van der Waals surface area contributed by atoms with Gasteiger partial charge >= 0.3 is 23.9 Å². The van der Waals surface area contributed by atoms with Gasteiger partial charge in [-0.25, -0.2) is 0 Å². The molecule has 0 heterocycles. The van der Waals surface area contributed by atoms with Crippen LogP contribution in [0, 0.1) is 46.3 Å². The third-order valence-corrected chi connectivity index (χ3v) is 19.4. The van der Waals surface area contributed by atoms with Crippen LogP contribution in [0.3, 0.4) is 0 Å². The number of likely N-dealkylation sites (N-methyl/N-ethyl adjacent to an activating group) is 2. The summed E-state index contributed by atoms with van der Waals surface area (Å²) in [6.45, 7) is 45.2. The maximum Gasteiger partial charge on any atom is 0.306 e. The molecular weight excluding hydrogens is 1190 g/mol. The zero-order valence-electron chi connectivity index (χ0n) is 67.4. The lowest BCUT2D eigenvalue weighted by atomic mass is 9.79. The fraction of sp³-hybridized carbons (Fsp3) is 0.952. The average molecular weight is 1360 g/mol. The number of nitrogens with zero attached hydrogens (tertiary/aromatic N) is 4. The van der Waals surface area contributed by atoms with Crippen LogP contribution in [-0.4, -0.2) is 149 Å². The number of carbonyl (C=O) groups excluding carboxylic acids is 4. The number of unbranched alkanes of at least 4 members (excludes halogenated alkanes) is 24. The van der Waals surface area contributed by atoms with E-state index in [1.807, 2.05) is 0 Å². The van der Waals surface area contributed by atoms with E-state index in [0.29, 0.717) is 79.8 Å². The largest absolute Gasteiger partial charge is 0.466 e. The highest BCUT2D eigenvalue weighted by Gasteiger charge is 2.24. The molecule has 0 amide bonds. The van der Waals surface area contributed by atoms with Crippen LogP contribution in [0.5, 0.6) is 0 Å². The van der Waals surface area contributed by atoms with Crippen molar-refractivity contribution in [3.63, 3.8) is 0 Å². The normalized spacial score (nSPS) is 13.2. The van der Waals surface area contributed by atoms with Crippen molar-refractivity contribution < 1.29 is 38.1 Å². The summed E-state index contributed by atoms with van der Waals surface area (Å²) in [5.74, 6) is 3.15. The quantitative estimate of drug-likeness (QED) is 0.0328. The van der Waals surface area contributed by atoms with Gasteiger partial charge in [0.15, 0.2) is 0 Å². The highest BCUT2D eigenvalue weighted by atomic mass is 16.6. The Bertz CT molecular complexity index is 1740. The van der Waals surface area contributed by atoms with Gasteiger partial charge in [0.25, 0.3) is 0 Å². The number of ether oxygens (including phenoxy) is 4. The Hall–Kier alpha value is -2.28. The summed E-state index contributed by atoms with van der Waals surface area (Å²) in [7, 11) is 6.66. The fourth-order valence-electron chi connectivity index (χ4n) is 14.0. The molecule has 0 rings (SSSR count). The van der Waals surface area contributed by atoms with Crippen LogP contribution < -0.4 is 0 Å². The monoisotopic (exact) mass is 1360 g/mol. The van der Waals surface area contributed by atoms with Crippen LogP contribution in [-0.2, 0) is 38.1 Å². The highest BCUT2D eigenvalue weighted by molar-refractivity contribution is 5.70. The zero-order valence-corrected chi connectivity index (χ0v) is 67.4. The van der Waals surface area contributed by atoms with Crippen molar-refractivity contribution in [2.24, 2.45) is 46.3 Å². The molecule has 0 aromatic heterocycles. The van der Waals surface area contributed by atoms with Crippen molar-refractivity contribution in [1.82, 2.24) is 19.6 Å². The number of hydrogen-bond donors (Lipinski definition) is 0. The summed E-state index contributed by atoms with van der Waals surface area (Å²) in [6.07, 6.45) is 44.6. The summed E-state index contributed by atoms with van der Waals surface area (Å²) >= 11 is 0. The minimum atomic E-state index is -0.0266. The molecule has 0 aromatic carbocycles. The Balaban J connectivity index is 4.62. The van der Waals surface area contributed by atoms with Crippen molar-refractivity contribution in [2.75, 3.05) is 93.3 Å². The number of rotatable bonds is 68. The van der Waals surface area contributed by atoms with Crippen LogP contribution in [0.1, 0.15) is 367 Å². The van der Waals surface area contributed by atoms with Gasteiger partial charge in [0, 0.05) is 51.9 Å². The highest BCUT2D eigenvalue weighted by Crippen LogP contribution is 2.31. The Kier molecular flexibility index (Phi) is 58.9. The van der Waals surface area contributed by atoms with Gasteiger partial charge in [-0.05, 0) is 209 Å². The lowest BCUT2D eigenvalue weighted by Crippen LogP contribution is -2.36. The van der Waals surface area contributed by atoms with E-state index in [-0.39, 0.29) is 41.5 Å². The molecule has 2 atom stereocenters. The predicted octanol–water partition coefficient (Wildman–Crippen LogP) is 22.0. The maximum absolute atomic E-state index is 12.7. The van der Waals surface area contributed by atoms with Crippen molar-refractivity contribution >= 4 is 23.9 Å². The molecule has 0 aliphatic rings. The first kappa shape index (κ1) is 93.7. The molecule has 0 spiro atoms. The molecule has 0 saturated carbocycles. The van der Waals surface area contributed by atoms with Gasteiger partial charge in [-0.3, -0.25) is 19.2 Å². The summed E-state index contributed by atoms with van der Waals surface area (Å²) in [6, 6.07) is 0. The van der Waals surface area contributed by atoms with Gasteiger partial charge in [-0.15, -0.1) is 0 Å². The van der Waals surface area contributed by atoms with E-state index in [0.717, 1.165) is 155 Å². The molecule has 0 N–H and O–H groups in total. The summed E-state index contributed by atoms with van der Waals surface area (Å²) in [4.78, 5) is 60.5. The minimum absolute atomic E-state index is 0.0101. The standard InChI is InChI=1S/C84H166N4O8/c1-71(2)65-77(66-72(3)4)95-81(91)49-41-33-25-21-29-37-45-56-88(57-46-38-30-22-26-34-42-50-82(92)96-78(67-73(5)6)68-74(7)8)62-60-86(18)58-53-84(14,15)70-76(10)52-64-94-80(90)48-40-32-24-20-28-36-44-55-87(61-59-85(16)17)54-43-35-27-19-23-31-39-47-79(89)93-63-51-75(9)69-83(11,12)13/h71-78H,19-70H2,1-18H3. The lowest BCUT2D eigenvalue weighted by Gasteiger charge is -2.31. The topological polar surface area (TPSA) is 118 Å². The van der Waals surface area contributed by atoms with E-state index >= 15 is 0 Å². The third-order valence-electron chi connectivity index (χ3n) is 19.4. The second kappa shape index (κ2) is 60.3. The summed E-state index contributed by atoms with van der Waals surface area (Å²) in [5, 5.41) is 0. The van der Waals surface area contributed by atoms with Gasteiger partial charge in [0.1, 0.15) is 12.2 Å². The fourth-order valence-corrected chi connectivity index (χ4v) is 14.0. The van der Waals surface area contributed by atoms with Crippen molar-refractivity contribution in [1.29, 1.82) is 0 Å². The summed E-state index contributed by atoms with van der Waals surface area (Å²) in [5.41, 5.74) is 0.541. The molecule has 0 radical (unpaired) electrons. The molecule has 570 valence electrons. The average Bonchev–Trinajstić information content (AvgIpc) is 1.50. The van der Waals surface area contributed by atoms with Crippen molar-refractivity contribution in [2.45, 2.75) is 379 Å². The van der Waals surface area contributed by atoms with Crippen LogP contribution in [0.2, 0.25) is 0 Å². The molecule has 12 nitrogen and oxygen atoms in total. The third kappa shape index (κ3) is 65.1. The Labute approximate surface area is 597 Å². The molecule has 0 aliphatic heterocycles. The van der Waals surface area contributed by atoms with E-state index < -0.39 is 0 Å². The van der Waals surface area contributed by atoms with Crippen molar-refractivity contribution in [3.05, 3.63) is 0 Å². The maximum atomic E-state index is 12.7. The van der Waals surface area contributed by atoms with Crippen LogP contribution >= 0.6 is 0 Å². The van der Waals surface area contributed by atoms with E-state index in [9.17, 15) is 19.2 Å². The summed E-state index contributed by atoms with van der Waals surface area (Å²) < 4.78 is 23.1. The molecule has 12 heteroatoms. The molecule has 0 saturated heterocycles. The molecule has 2 unspecified atom stereocenters. The molecular formula is C84H166N4O8. The second-order valence-electron chi connectivity index (χ2n) is 34.5. The predicted molar refractivity (Wildman–Crippen MR) is 411 cm³/mol. The van der Waals surface area contributed by atoms with E-state index in [2.05, 4.69) is 145 Å². The molecule has 96 heavy (non-hydrogen) atoms. The van der Waals surface area contributed by atoms with Gasteiger partial charge in [0.2, 0.25) is 0 Å². The van der Waals surface area contributed by atoms with Crippen molar-refractivity contribution in [3.8, 4) is 0 Å². The van der Waals surface area contributed by atoms with E-state index in [1.165, 1.54) is 142 Å². The van der Waals surface area contributed by atoms with Gasteiger partial charge in [-0.2, -0.15) is 0 Å². The van der Waals surface area contributed by atoms with E-state index in [4.69, 9.17) is 18.9 Å². The SMILES string of the molecule is CC(C)CC(CC(C)C)OC(=O)CCCCCCCCCN(CCCCCCCCCC(=O)OC(CC(C)C)CC(C)C)CCN(C)CCC(C)(C)CC(C)CCOC(=O)CCCCCCCCCN(CCCCCCCCCC(=O)OCCC(C)CC(C)(C)C)CCN(C)C. The number of esters is 4. The molecule has 0 bridgehead atoms. The Morgan fingerprint density at radius 3 is 0.906 bits per heavy atom. The lowest BCUT2D eigenvalue weighted by molar-refractivity contribution is -0.151.